The average Bonchev–Trinajstić information content (AvgIpc) is 2.26. The second-order valence-corrected chi connectivity index (χ2v) is 6.57. The Labute approximate surface area is 115 Å². The van der Waals surface area contributed by atoms with Crippen LogP contribution in [-0.4, -0.2) is 22.6 Å². The summed E-state index contributed by atoms with van der Waals surface area (Å²) in [6, 6.07) is 0. The van der Waals surface area contributed by atoms with Gasteiger partial charge in [-0.15, -0.1) is 0 Å². The molecular formula is C15H26O4. The Morgan fingerprint density at radius 1 is 1.21 bits per heavy atom. The topological polar surface area (TPSA) is 63.6 Å². The maximum Gasteiger partial charge on any atom is 0.307 e. The molecule has 0 aromatic heterocycles. The van der Waals surface area contributed by atoms with Gasteiger partial charge in [-0.1, -0.05) is 32.1 Å². The third-order valence-corrected chi connectivity index (χ3v) is 3.52. The molecule has 1 unspecified atom stereocenters. The van der Waals surface area contributed by atoms with Crippen LogP contribution in [-0.2, 0) is 14.3 Å². The van der Waals surface area contributed by atoms with Crippen molar-refractivity contribution < 1.29 is 19.4 Å². The van der Waals surface area contributed by atoms with E-state index in [1.807, 2.05) is 0 Å². The van der Waals surface area contributed by atoms with Gasteiger partial charge in [-0.25, -0.2) is 0 Å². The van der Waals surface area contributed by atoms with E-state index in [-0.39, 0.29) is 6.42 Å². The summed E-state index contributed by atoms with van der Waals surface area (Å²) in [4.78, 5) is 23.0. The molecule has 0 aromatic carbocycles. The highest BCUT2D eigenvalue weighted by atomic mass is 16.6. The predicted molar refractivity (Wildman–Crippen MR) is 72.8 cm³/mol. The number of aliphatic carboxylic acids is 1. The van der Waals surface area contributed by atoms with Gasteiger partial charge in [-0.2, -0.15) is 0 Å². The first kappa shape index (κ1) is 16.0. The molecule has 0 heterocycles. The van der Waals surface area contributed by atoms with Gasteiger partial charge >= 0.3 is 11.9 Å². The molecule has 1 atom stereocenters. The molecule has 0 spiro atoms. The van der Waals surface area contributed by atoms with Crippen molar-refractivity contribution in [2.45, 2.75) is 71.3 Å². The number of carbonyl (C=O) groups excluding carboxylic acids is 1. The monoisotopic (exact) mass is 270 g/mol. The standard InChI is InChI=1S/C15H26O4/c1-15(2,3)19-13(16)10-12(14(17)18)9-11-7-5-4-6-8-11/h11-12H,4-10H2,1-3H3,(H,17,18). The molecule has 0 aromatic rings. The van der Waals surface area contributed by atoms with E-state index < -0.39 is 23.5 Å². The van der Waals surface area contributed by atoms with Crippen molar-refractivity contribution in [1.82, 2.24) is 0 Å². The number of hydrogen-bond donors (Lipinski definition) is 1. The lowest BCUT2D eigenvalue weighted by Gasteiger charge is -2.25. The number of carbonyl (C=O) groups is 2. The molecule has 0 bridgehead atoms. The Morgan fingerprint density at radius 3 is 2.26 bits per heavy atom. The molecule has 0 amide bonds. The van der Waals surface area contributed by atoms with Gasteiger partial charge in [0.15, 0.2) is 0 Å². The van der Waals surface area contributed by atoms with E-state index in [0.29, 0.717) is 12.3 Å². The second-order valence-electron chi connectivity index (χ2n) is 6.57. The Hall–Kier alpha value is -1.06. The summed E-state index contributed by atoms with van der Waals surface area (Å²) in [5.41, 5.74) is -0.551. The number of hydrogen-bond acceptors (Lipinski definition) is 3. The fourth-order valence-corrected chi connectivity index (χ4v) is 2.68. The second kappa shape index (κ2) is 6.92. The summed E-state index contributed by atoms with van der Waals surface area (Å²) < 4.78 is 5.21. The summed E-state index contributed by atoms with van der Waals surface area (Å²) >= 11 is 0. The van der Waals surface area contributed by atoms with Crippen molar-refractivity contribution >= 4 is 11.9 Å². The highest BCUT2D eigenvalue weighted by molar-refractivity contribution is 5.78. The van der Waals surface area contributed by atoms with Crippen molar-refractivity contribution in [1.29, 1.82) is 0 Å². The molecule has 110 valence electrons. The predicted octanol–water partition coefficient (Wildman–Crippen LogP) is 3.39. The normalized spacial score (nSPS) is 18.9. The largest absolute Gasteiger partial charge is 0.481 e. The molecule has 1 rings (SSSR count). The summed E-state index contributed by atoms with van der Waals surface area (Å²) in [6.07, 6.45) is 6.40. The SMILES string of the molecule is CC(C)(C)OC(=O)CC(CC1CCCCC1)C(=O)O. The minimum atomic E-state index is -0.878. The molecule has 0 radical (unpaired) electrons. The minimum absolute atomic E-state index is 0.0108. The van der Waals surface area contributed by atoms with Crippen LogP contribution in [0.4, 0.5) is 0 Å². The van der Waals surface area contributed by atoms with Gasteiger partial charge in [0.1, 0.15) is 5.60 Å². The van der Waals surface area contributed by atoms with Crippen LogP contribution in [0.15, 0.2) is 0 Å². The van der Waals surface area contributed by atoms with E-state index in [1.54, 1.807) is 20.8 Å². The number of carboxylic acids is 1. The van der Waals surface area contributed by atoms with Crippen molar-refractivity contribution in [3.8, 4) is 0 Å². The van der Waals surface area contributed by atoms with Crippen molar-refractivity contribution in [3.05, 3.63) is 0 Å². The van der Waals surface area contributed by atoms with Gasteiger partial charge in [-0.3, -0.25) is 9.59 Å². The molecule has 1 saturated carbocycles. The summed E-state index contributed by atoms with van der Waals surface area (Å²) in [5.74, 6) is -1.43. The molecule has 0 saturated heterocycles. The number of esters is 1. The molecule has 1 fully saturated rings. The first-order chi connectivity index (χ1) is 8.78. The van der Waals surface area contributed by atoms with Crippen LogP contribution in [0.3, 0.4) is 0 Å². The zero-order valence-corrected chi connectivity index (χ0v) is 12.3. The molecule has 19 heavy (non-hydrogen) atoms. The first-order valence-corrected chi connectivity index (χ1v) is 7.22. The van der Waals surface area contributed by atoms with Crippen LogP contribution in [0.2, 0.25) is 0 Å². The maximum absolute atomic E-state index is 11.7. The van der Waals surface area contributed by atoms with Gasteiger partial charge < -0.3 is 9.84 Å². The quantitative estimate of drug-likeness (QED) is 0.778. The summed E-state index contributed by atoms with van der Waals surface area (Å²) in [7, 11) is 0. The van der Waals surface area contributed by atoms with Crippen LogP contribution in [0.25, 0.3) is 0 Å². The fraction of sp³-hybridized carbons (Fsp3) is 0.867. The Balaban J connectivity index is 2.48. The highest BCUT2D eigenvalue weighted by Crippen LogP contribution is 2.30. The van der Waals surface area contributed by atoms with Crippen LogP contribution in [0.5, 0.6) is 0 Å². The van der Waals surface area contributed by atoms with E-state index in [2.05, 4.69) is 0 Å². The highest BCUT2D eigenvalue weighted by Gasteiger charge is 2.28. The van der Waals surface area contributed by atoms with E-state index in [9.17, 15) is 14.7 Å². The molecule has 1 N–H and O–H groups in total. The number of carboxylic acid groups (broad SMARTS) is 1. The molecule has 4 nitrogen and oxygen atoms in total. The molecular weight excluding hydrogens is 244 g/mol. The first-order valence-electron chi connectivity index (χ1n) is 7.22. The smallest absolute Gasteiger partial charge is 0.307 e. The van der Waals surface area contributed by atoms with Gasteiger partial charge in [-0.05, 0) is 33.1 Å². The van der Waals surface area contributed by atoms with Gasteiger partial charge in [0.05, 0.1) is 12.3 Å². The van der Waals surface area contributed by atoms with Crippen LogP contribution >= 0.6 is 0 Å². The molecule has 1 aliphatic carbocycles. The fourth-order valence-electron chi connectivity index (χ4n) is 2.68. The van der Waals surface area contributed by atoms with Crippen LogP contribution in [0.1, 0.15) is 65.7 Å². The van der Waals surface area contributed by atoms with Crippen molar-refractivity contribution in [3.63, 3.8) is 0 Å². The number of ether oxygens (including phenoxy) is 1. The van der Waals surface area contributed by atoms with Crippen molar-refractivity contribution in [2.75, 3.05) is 0 Å². The molecule has 4 heteroatoms. The average molecular weight is 270 g/mol. The lowest BCUT2D eigenvalue weighted by Crippen LogP contribution is -2.28. The lowest BCUT2D eigenvalue weighted by molar-refractivity contribution is -0.160. The lowest BCUT2D eigenvalue weighted by atomic mass is 9.82. The van der Waals surface area contributed by atoms with Gasteiger partial charge in [0.25, 0.3) is 0 Å². The van der Waals surface area contributed by atoms with Gasteiger partial charge in [0.2, 0.25) is 0 Å². The van der Waals surface area contributed by atoms with E-state index in [1.165, 1.54) is 19.3 Å². The molecule has 0 aliphatic heterocycles. The minimum Gasteiger partial charge on any atom is -0.481 e. The summed E-state index contributed by atoms with van der Waals surface area (Å²) in [6.45, 7) is 5.38. The van der Waals surface area contributed by atoms with Crippen LogP contribution in [0, 0.1) is 11.8 Å². The van der Waals surface area contributed by atoms with Crippen LogP contribution < -0.4 is 0 Å². The third-order valence-electron chi connectivity index (χ3n) is 3.52. The third kappa shape index (κ3) is 6.60. The van der Waals surface area contributed by atoms with Crippen molar-refractivity contribution in [2.24, 2.45) is 11.8 Å². The number of rotatable bonds is 5. The Morgan fingerprint density at radius 2 is 1.79 bits per heavy atom. The maximum atomic E-state index is 11.7. The summed E-state index contributed by atoms with van der Waals surface area (Å²) in [5, 5.41) is 9.24. The van der Waals surface area contributed by atoms with Gasteiger partial charge in [0, 0.05) is 0 Å². The molecule has 1 aliphatic rings. The van der Waals surface area contributed by atoms with E-state index in [0.717, 1.165) is 12.8 Å². The zero-order valence-electron chi connectivity index (χ0n) is 12.3. The van der Waals surface area contributed by atoms with E-state index in [4.69, 9.17) is 4.74 Å². The Bertz CT molecular complexity index is 311. The Kier molecular flexibility index (Phi) is 5.83. The zero-order chi connectivity index (χ0) is 14.5. The van der Waals surface area contributed by atoms with E-state index >= 15 is 0 Å².